The van der Waals surface area contributed by atoms with Crippen molar-refractivity contribution in [3.05, 3.63) is 41.1 Å². The van der Waals surface area contributed by atoms with Gasteiger partial charge in [-0.1, -0.05) is 32.0 Å². The molecule has 0 spiro atoms. The summed E-state index contributed by atoms with van der Waals surface area (Å²) >= 11 is 3.51. The van der Waals surface area contributed by atoms with Crippen molar-refractivity contribution in [2.75, 3.05) is 0 Å². The standard InChI is InChI=1S/C13H15BrN2O/c1-10(2)9-16-13(14)12(8-15-16)17-11-6-4-3-5-7-11/h3-8,10H,9H2,1-2H3. The zero-order valence-corrected chi connectivity index (χ0v) is 11.5. The molecule has 0 fully saturated rings. The zero-order valence-electron chi connectivity index (χ0n) is 9.93. The highest BCUT2D eigenvalue weighted by Crippen LogP contribution is 2.29. The van der Waals surface area contributed by atoms with E-state index in [1.807, 2.05) is 35.0 Å². The van der Waals surface area contributed by atoms with E-state index in [4.69, 9.17) is 4.74 Å². The first-order chi connectivity index (χ1) is 8.16. The molecule has 0 bridgehead atoms. The van der Waals surface area contributed by atoms with Gasteiger partial charge in [0, 0.05) is 6.54 Å². The van der Waals surface area contributed by atoms with E-state index in [-0.39, 0.29) is 0 Å². The van der Waals surface area contributed by atoms with Crippen LogP contribution in [0.5, 0.6) is 11.5 Å². The van der Waals surface area contributed by atoms with Crippen molar-refractivity contribution in [1.29, 1.82) is 0 Å². The van der Waals surface area contributed by atoms with Crippen LogP contribution in [0.15, 0.2) is 41.1 Å². The molecular formula is C13H15BrN2O. The number of hydrogen-bond acceptors (Lipinski definition) is 2. The van der Waals surface area contributed by atoms with Gasteiger partial charge in [0.2, 0.25) is 0 Å². The molecule has 0 saturated heterocycles. The SMILES string of the molecule is CC(C)Cn1ncc(Oc2ccccc2)c1Br. The van der Waals surface area contributed by atoms with Crippen LogP contribution in [0.2, 0.25) is 0 Å². The second-order valence-corrected chi connectivity index (χ2v) is 5.04. The summed E-state index contributed by atoms with van der Waals surface area (Å²) in [6.45, 7) is 5.19. The number of ether oxygens (including phenoxy) is 1. The van der Waals surface area contributed by atoms with E-state index < -0.39 is 0 Å². The molecule has 4 heteroatoms. The van der Waals surface area contributed by atoms with Crippen molar-refractivity contribution in [3.63, 3.8) is 0 Å². The van der Waals surface area contributed by atoms with Gasteiger partial charge in [-0.15, -0.1) is 0 Å². The maximum absolute atomic E-state index is 5.74. The third kappa shape index (κ3) is 3.09. The third-order valence-corrected chi connectivity index (χ3v) is 3.05. The van der Waals surface area contributed by atoms with Crippen molar-refractivity contribution >= 4 is 15.9 Å². The average molecular weight is 295 g/mol. The normalized spacial score (nSPS) is 10.8. The van der Waals surface area contributed by atoms with E-state index in [0.29, 0.717) is 5.92 Å². The van der Waals surface area contributed by atoms with E-state index in [9.17, 15) is 0 Å². The molecule has 0 atom stereocenters. The van der Waals surface area contributed by atoms with Crippen LogP contribution in [0.3, 0.4) is 0 Å². The van der Waals surface area contributed by atoms with E-state index in [0.717, 1.165) is 22.6 Å². The fourth-order valence-electron chi connectivity index (χ4n) is 1.51. The monoisotopic (exact) mass is 294 g/mol. The predicted molar refractivity (Wildman–Crippen MR) is 71.3 cm³/mol. The Morgan fingerprint density at radius 1 is 1.29 bits per heavy atom. The Morgan fingerprint density at radius 2 is 2.00 bits per heavy atom. The Kier molecular flexibility index (Phi) is 3.84. The smallest absolute Gasteiger partial charge is 0.179 e. The quantitative estimate of drug-likeness (QED) is 0.849. The van der Waals surface area contributed by atoms with Gasteiger partial charge in [-0.25, -0.2) is 0 Å². The summed E-state index contributed by atoms with van der Waals surface area (Å²) in [5, 5.41) is 4.30. The second-order valence-electron chi connectivity index (χ2n) is 4.29. The van der Waals surface area contributed by atoms with E-state index in [2.05, 4.69) is 34.9 Å². The topological polar surface area (TPSA) is 27.1 Å². The number of halogens is 1. The summed E-state index contributed by atoms with van der Waals surface area (Å²) in [7, 11) is 0. The lowest BCUT2D eigenvalue weighted by molar-refractivity contribution is 0.459. The van der Waals surface area contributed by atoms with Gasteiger partial charge in [-0.05, 0) is 34.0 Å². The summed E-state index contributed by atoms with van der Waals surface area (Å²) in [5.74, 6) is 2.12. The van der Waals surface area contributed by atoms with Crippen molar-refractivity contribution in [2.24, 2.45) is 5.92 Å². The second kappa shape index (κ2) is 5.36. The van der Waals surface area contributed by atoms with Gasteiger partial charge < -0.3 is 4.74 Å². The molecule has 0 unspecified atom stereocenters. The number of para-hydroxylation sites is 1. The highest BCUT2D eigenvalue weighted by molar-refractivity contribution is 9.10. The van der Waals surface area contributed by atoms with Crippen LogP contribution < -0.4 is 4.74 Å². The van der Waals surface area contributed by atoms with Gasteiger partial charge in [-0.3, -0.25) is 4.68 Å². The fraction of sp³-hybridized carbons (Fsp3) is 0.308. The molecule has 90 valence electrons. The molecule has 0 aliphatic carbocycles. The van der Waals surface area contributed by atoms with E-state index in [1.54, 1.807) is 6.20 Å². The Balaban J connectivity index is 2.15. The minimum atomic E-state index is 0.552. The molecule has 0 radical (unpaired) electrons. The Morgan fingerprint density at radius 3 is 2.65 bits per heavy atom. The molecule has 17 heavy (non-hydrogen) atoms. The molecule has 0 aliphatic heterocycles. The molecule has 1 heterocycles. The minimum Gasteiger partial charge on any atom is -0.453 e. The van der Waals surface area contributed by atoms with E-state index >= 15 is 0 Å². The highest BCUT2D eigenvalue weighted by Gasteiger charge is 2.10. The number of benzene rings is 1. The molecule has 0 saturated carbocycles. The number of nitrogens with zero attached hydrogens (tertiary/aromatic N) is 2. The van der Waals surface area contributed by atoms with Crippen molar-refractivity contribution < 1.29 is 4.74 Å². The number of aromatic nitrogens is 2. The summed E-state index contributed by atoms with van der Waals surface area (Å²) in [6, 6.07) is 9.70. The first-order valence-corrected chi connectivity index (χ1v) is 6.40. The van der Waals surface area contributed by atoms with Crippen LogP contribution in [-0.4, -0.2) is 9.78 Å². The first-order valence-electron chi connectivity index (χ1n) is 5.61. The van der Waals surface area contributed by atoms with Crippen molar-refractivity contribution in [2.45, 2.75) is 20.4 Å². The van der Waals surface area contributed by atoms with Gasteiger partial charge in [-0.2, -0.15) is 5.10 Å². The molecule has 1 aromatic heterocycles. The first kappa shape index (κ1) is 12.2. The molecular weight excluding hydrogens is 280 g/mol. The maximum Gasteiger partial charge on any atom is 0.179 e. The minimum absolute atomic E-state index is 0.552. The van der Waals surface area contributed by atoms with Gasteiger partial charge in [0.15, 0.2) is 5.75 Å². The molecule has 1 aromatic carbocycles. The molecule has 0 N–H and O–H groups in total. The lowest BCUT2D eigenvalue weighted by Gasteiger charge is -2.07. The molecule has 2 aromatic rings. The summed E-state index contributed by atoms with van der Waals surface area (Å²) in [4.78, 5) is 0. The fourth-order valence-corrected chi connectivity index (χ4v) is 1.93. The highest BCUT2D eigenvalue weighted by atomic mass is 79.9. The van der Waals surface area contributed by atoms with Crippen molar-refractivity contribution in [1.82, 2.24) is 9.78 Å². The van der Waals surface area contributed by atoms with Crippen LogP contribution in [0.25, 0.3) is 0 Å². The van der Waals surface area contributed by atoms with Crippen LogP contribution >= 0.6 is 15.9 Å². The third-order valence-electron chi connectivity index (χ3n) is 2.25. The van der Waals surface area contributed by atoms with Gasteiger partial charge in [0.05, 0.1) is 6.20 Å². The van der Waals surface area contributed by atoms with Gasteiger partial charge in [0.25, 0.3) is 0 Å². The summed E-state index contributed by atoms with van der Waals surface area (Å²) in [5.41, 5.74) is 0. The molecule has 3 nitrogen and oxygen atoms in total. The average Bonchev–Trinajstić information content (AvgIpc) is 2.62. The molecule has 0 aliphatic rings. The number of hydrogen-bond donors (Lipinski definition) is 0. The Bertz CT molecular complexity index is 479. The Labute approximate surface area is 110 Å². The maximum atomic E-state index is 5.74. The van der Waals surface area contributed by atoms with Crippen LogP contribution in [0.1, 0.15) is 13.8 Å². The van der Waals surface area contributed by atoms with Gasteiger partial charge in [0.1, 0.15) is 10.4 Å². The van der Waals surface area contributed by atoms with Crippen LogP contribution in [0, 0.1) is 5.92 Å². The van der Waals surface area contributed by atoms with Gasteiger partial charge >= 0.3 is 0 Å². The van der Waals surface area contributed by atoms with Crippen molar-refractivity contribution in [3.8, 4) is 11.5 Å². The lowest BCUT2D eigenvalue weighted by Crippen LogP contribution is -2.05. The number of rotatable bonds is 4. The summed E-state index contributed by atoms with van der Waals surface area (Å²) < 4.78 is 8.53. The zero-order chi connectivity index (χ0) is 12.3. The largest absolute Gasteiger partial charge is 0.453 e. The predicted octanol–water partition coefficient (Wildman–Crippen LogP) is 4.09. The summed E-state index contributed by atoms with van der Waals surface area (Å²) in [6.07, 6.45) is 1.74. The van der Waals surface area contributed by atoms with E-state index in [1.165, 1.54) is 0 Å². The molecule has 0 amide bonds. The Hall–Kier alpha value is -1.29. The molecule has 2 rings (SSSR count). The lowest BCUT2D eigenvalue weighted by atomic mass is 10.2. The van der Waals surface area contributed by atoms with Crippen LogP contribution in [0.4, 0.5) is 0 Å². The van der Waals surface area contributed by atoms with Crippen LogP contribution in [-0.2, 0) is 6.54 Å².